The van der Waals surface area contributed by atoms with Gasteiger partial charge in [-0.1, -0.05) is 0 Å². The fourth-order valence-electron chi connectivity index (χ4n) is 2.32. The highest BCUT2D eigenvalue weighted by atomic mass is 16.6. The van der Waals surface area contributed by atoms with E-state index in [4.69, 9.17) is 9.84 Å². The summed E-state index contributed by atoms with van der Waals surface area (Å²) >= 11 is 0. The molecule has 1 heterocycles. The van der Waals surface area contributed by atoms with Gasteiger partial charge in [-0.25, -0.2) is 4.79 Å². The number of carboxylic acids is 1. The Morgan fingerprint density at radius 2 is 2.09 bits per heavy atom. The van der Waals surface area contributed by atoms with Crippen molar-refractivity contribution in [2.24, 2.45) is 0 Å². The minimum atomic E-state index is -1.33. The fraction of sp³-hybridized carbons (Fsp3) is 0.429. The van der Waals surface area contributed by atoms with E-state index in [1.54, 1.807) is 0 Å². The number of nitro groups is 1. The van der Waals surface area contributed by atoms with Crippen LogP contribution in [0.2, 0.25) is 0 Å². The Balaban J connectivity index is 2.17. The predicted molar refractivity (Wildman–Crippen MR) is 76.0 cm³/mol. The van der Waals surface area contributed by atoms with Crippen molar-refractivity contribution in [2.45, 2.75) is 25.4 Å². The second-order valence-electron chi connectivity index (χ2n) is 5.42. The Hall–Kier alpha value is -2.48. The molecule has 8 nitrogen and oxygen atoms in total. The van der Waals surface area contributed by atoms with Gasteiger partial charge in [-0.3, -0.25) is 14.9 Å². The average Bonchev–Trinajstić information content (AvgIpc) is 2.91. The van der Waals surface area contributed by atoms with Gasteiger partial charge in [0.15, 0.2) is 0 Å². The average molecular weight is 308 g/mol. The van der Waals surface area contributed by atoms with Crippen LogP contribution in [-0.2, 0) is 4.74 Å². The number of rotatable bonds is 5. The van der Waals surface area contributed by atoms with E-state index in [0.717, 1.165) is 31.0 Å². The number of nitrogens with one attached hydrogen (secondary N) is 1. The highest BCUT2D eigenvalue weighted by Gasteiger charge is 2.30. The lowest BCUT2D eigenvalue weighted by molar-refractivity contribution is -0.384. The van der Waals surface area contributed by atoms with Gasteiger partial charge in [0, 0.05) is 30.8 Å². The summed E-state index contributed by atoms with van der Waals surface area (Å²) in [5.74, 6) is -1.90. The number of carbonyl (C=O) groups is 2. The highest BCUT2D eigenvalue weighted by molar-refractivity contribution is 5.98. The largest absolute Gasteiger partial charge is 0.478 e. The summed E-state index contributed by atoms with van der Waals surface area (Å²) in [5, 5.41) is 22.4. The summed E-state index contributed by atoms with van der Waals surface area (Å²) in [7, 11) is 0. The van der Waals surface area contributed by atoms with Crippen LogP contribution in [0.3, 0.4) is 0 Å². The summed E-state index contributed by atoms with van der Waals surface area (Å²) in [5.41, 5.74) is -1.25. The lowest BCUT2D eigenvalue weighted by Gasteiger charge is -2.23. The van der Waals surface area contributed by atoms with Gasteiger partial charge in [0.2, 0.25) is 0 Å². The van der Waals surface area contributed by atoms with Crippen LogP contribution >= 0.6 is 0 Å². The Kier molecular flexibility index (Phi) is 4.41. The Bertz CT molecular complexity index is 590. The molecular weight excluding hydrogens is 292 g/mol. The van der Waals surface area contributed by atoms with E-state index >= 15 is 0 Å². The number of carboxylic acid groups (broad SMARTS) is 1. The molecule has 1 aromatic rings. The van der Waals surface area contributed by atoms with E-state index in [1.165, 1.54) is 0 Å². The van der Waals surface area contributed by atoms with Crippen molar-refractivity contribution in [1.82, 2.24) is 5.32 Å². The van der Waals surface area contributed by atoms with Crippen molar-refractivity contribution in [3.05, 3.63) is 39.4 Å². The van der Waals surface area contributed by atoms with Crippen molar-refractivity contribution in [3.63, 3.8) is 0 Å². The third-order valence-electron chi connectivity index (χ3n) is 3.56. The lowest BCUT2D eigenvalue weighted by Crippen LogP contribution is -2.40. The van der Waals surface area contributed by atoms with Crippen LogP contribution in [0.5, 0.6) is 0 Å². The van der Waals surface area contributed by atoms with Crippen molar-refractivity contribution < 1.29 is 24.4 Å². The van der Waals surface area contributed by atoms with Gasteiger partial charge in [-0.15, -0.1) is 0 Å². The minimum Gasteiger partial charge on any atom is -0.478 e. The number of nitrogens with zero attached hydrogens (tertiary/aromatic N) is 1. The monoisotopic (exact) mass is 308 g/mol. The molecule has 1 atom stereocenters. The van der Waals surface area contributed by atoms with E-state index in [1.807, 2.05) is 6.92 Å². The number of hydrogen-bond acceptors (Lipinski definition) is 5. The molecule has 1 aromatic carbocycles. The fourth-order valence-corrected chi connectivity index (χ4v) is 2.32. The molecule has 1 aliphatic heterocycles. The van der Waals surface area contributed by atoms with Gasteiger partial charge in [0.1, 0.15) is 0 Å². The van der Waals surface area contributed by atoms with Gasteiger partial charge >= 0.3 is 5.97 Å². The first-order valence-electron chi connectivity index (χ1n) is 6.76. The standard InChI is InChI=1S/C14H16N2O6/c1-14(3-2-4-22-14)8-15-12(17)9-5-10(13(18)19)7-11(6-9)16(20)21/h5-7H,2-4,8H2,1H3,(H,15,17)(H,18,19). The van der Waals surface area contributed by atoms with E-state index in [2.05, 4.69) is 5.32 Å². The maximum Gasteiger partial charge on any atom is 0.335 e. The number of non-ortho nitro benzene ring substituents is 1. The molecule has 0 aromatic heterocycles. The molecule has 2 rings (SSSR count). The SMILES string of the molecule is CC1(CNC(=O)c2cc(C(=O)O)cc([N+](=O)[O-])c2)CCCO1. The van der Waals surface area contributed by atoms with E-state index in [0.29, 0.717) is 6.61 Å². The number of nitro benzene ring substituents is 1. The van der Waals surface area contributed by atoms with Crippen LogP contribution in [0.4, 0.5) is 5.69 Å². The molecule has 0 aliphatic carbocycles. The zero-order valence-corrected chi connectivity index (χ0v) is 12.0. The highest BCUT2D eigenvalue weighted by Crippen LogP contribution is 2.24. The Morgan fingerprint density at radius 3 is 2.64 bits per heavy atom. The van der Waals surface area contributed by atoms with Crippen molar-refractivity contribution in [2.75, 3.05) is 13.2 Å². The van der Waals surface area contributed by atoms with Crippen LogP contribution in [0.15, 0.2) is 18.2 Å². The third kappa shape index (κ3) is 3.59. The van der Waals surface area contributed by atoms with E-state index in [-0.39, 0.29) is 17.7 Å². The van der Waals surface area contributed by atoms with E-state index < -0.39 is 28.1 Å². The second kappa shape index (κ2) is 6.10. The number of aromatic carboxylic acids is 1. The molecule has 0 saturated carbocycles. The molecule has 1 aliphatic rings. The first-order valence-corrected chi connectivity index (χ1v) is 6.76. The van der Waals surface area contributed by atoms with Crippen molar-refractivity contribution in [3.8, 4) is 0 Å². The van der Waals surface area contributed by atoms with Crippen LogP contribution in [-0.4, -0.2) is 40.7 Å². The molecule has 2 N–H and O–H groups in total. The first kappa shape index (κ1) is 15.9. The summed E-state index contributed by atoms with van der Waals surface area (Å²) in [6.07, 6.45) is 1.72. The lowest BCUT2D eigenvalue weighted by atomic mass is 10.0. The van der Waals surface area contributed by atoms with Gasteiger partial charge in [0.05, 0.1) is 16.1 Å². The minimum absolute atomic E-state index is 0.0619. The molecule has 8 heteroatoms. The second-order valence-corrected chi connectivity index (χ2v) is 5.42. The van der Waals surface area contributed by atoms with Crippen LogP contribution < -0.4 is 5.32 Å². The zero-order valence-electron chi connectivity index (χ0n) is 12.0. The molecule has 1 unspecified atom stereocenters. The maximum atomic E-state index is 12.1. The molecule has 1 amide bonds. The summed E-state index contributed by atoms with van der Waals surface area (Å²) in [4.78, 5) is 33.2. The maximum absolute atomic E-state index is 12.1. The number of hydrogen-bond donors (Lipinski definition) is 2. The summed E-state index contributed by atoms with van der Waals surface area (Å²) in [6, 6.07) is 3.09. The van der Waals surface area contributed by atoms with E-state index in [9.17, 15) is 19.7 Å². The van der Waals surface area contributed by atoms with Gasteiger partial charge in [-0.05, 0) is 25.8 Å². The van der Waals surface area contributed by atoms with Gasteiger partial charge < -0.3 is 15.2 Å². The molecule has 1 saturated heterocycles. The van der Waals surface area contributed by atoms with Crippen molar-refractivity contribution >= 4 is 17.6 Å². The predicted octanol–water partition coefficient (Wildman–Crippen LogP) is 1.59. The normalized spacial score (nSPS) is 20.6. The van der Waals surface area contributed by atoms with Gasteiger partial charge in [0.25, 0.3) is 11.6 Å². The van der Waals surface area contributed by atoms with Crippen LogP contribution in [0.25, 0.3) is 0 Å². The summed E-state index contributed by atoms with van der Waals surface area (Å²) in [6.45, 7) is 2.76. The topological polar surface area (TPSA) is 119 Å². The quantitative estimate of drug-likeness (QED) is 0.630. The zero-order chi connectivity index (χ0) is 16.3. The molecule has 22 heavy (non-hydrogen) atoms. The molecular formula is C14H16N2O6. The van der Waals surface area contributed by atoms with Crippen molar-refractivity contribution in [1.29, 1.82) is 0 Å². The molecule has 0 radical (unpaired) electrons. The van der Waals surface area contributed by atoms with Gasteiger partial charge in [-0.2, -0.15) is 0 Å². The number of ether oxygens (including phenoxy) is 1. The smallest absolute Gasteiger partial charge is 0.335 e. The molecule has 0 spiro atoms. The Labute approximate surface area is 126 Å². The molecule has 0 bridgehead atoms. The first-order chi connectivity index (χ1) is 10.3. The Morgan fingerprint density at radius 1 is 1.41 bits per heavy atom. The third-order valence-corrected chi connectivity index (χ3v) is 3.56. The molecule has 118 valence electrons. The number of amides is 1. The number of benzene rings is 1. The summed E-state index contributed by atoms with van der Waals surface area (Å²) < 4.78 is 5.53. The number of carbonyl (C=O) groups excluding carboxylic acids is 1. The van der Waals surface area contributed by atoms with Crippen LogP contribution in [0, 0.1) is 10.1 Å². The van der Waals surface area contributed by atoms with Crippen LogP contribution in [0.1, 0.15) is 40.5 Å². The molecule has 1 fully saturated rings.